The lowest BCUT2D eigenvalue weighted by molar-refractivity contribution is -0.137. The number of hydrogen-bond acceptors (Lipinski definition) is 3. The standard InChI is InChI=1S/C18H34N2O2/c1-2-3-4-9-15-19-20-17-13-10-12-16(17)11-7-5-6-8-14-18(21)22/h16,19H,2-15H2,1H3,(H,21,22)/b20-17+. The Balaban J connectivity index is 2.08. The second kappa shape index (κ2) is 12.5. The molecule has 0 bridgehead atoms. The first-order chi connectivity index (χ1) is 10.7. The summed E-state index contributed by atoms with van der Waals surface area (Å²) in [5.41, 5.74) is 4.64. The SMILES string of the molecule is CCCCCCN/N=C1\CCCC1CCCCCCC(=O)O. The Morgan fingerprint density at radius 3 is 2.73 bits per heavy atom. The summed E-state index contributed by atoms with van der Waals surface area (Å²) in [6.07, 6.45) is 14.6. The molecule has 1 rings (SSSR count). The molecule has 2 N–H and O–H groups in total. The fourth-order valence-electron chi connectivity index (χ4n) is 3.17. The average Bonchev–Trinajstić information content (AvgIpc) is 2.93. The molecule has 0 aromatic heterocycles. The molecule has 0 aromatic rings. The first kappa shape index (κ1) is 19.0. The number of carboxylic acid groups (broad SMARTS) is 1. The van der Waals surface area contributed by atoms with E-state index in [1.54, 1.807) is 0 Å². The van der Waals surface area contributed by atoms with Crippen LogP contribution < -0.4 is 5.43 Å². The monoisotopic (exact) mass is 310 g/mol. The number of hydrazone groups is 1. The van der Waals surface area contributed by atoms with Gasteiger partial charge in [-0.15, -0.1) is 0 Å². The van der Waals surface area contributed by atoms with Crippen LogP contribution in [0.3, 0.4) is 0 Å². The van der Waals surface area contributed by atoms with E-state index in [-0.39, 0.29) is 0 Å². The van der Waals surface area contributed by atoms with Crippen molar-refractivity contribution in [2.75, 3.05) is 6.54 Å². The van der Waals surface area contributed by atoms with E-state index in [9.17, 15) is 4.79 Å². The fraction of sp³-hybridized carbons (Fsp3) is 0.889. The quantitative estimate of drug-likeness (QED) is 0.381. The summed E-state index contributed by atoms with van der Waals surface area (Å²) in [5, 5.41) is 13.2. The Kier molecular flexibility index (Phi) is 10.8. The van der Waals surface area contributed by atoms with Gasteiger partial charge < -0.3 is 10.5 Å². The highest BCUT2D eigenvalue weighted by Gasteiger charge is 2.21. The number of rotatable bonds is 13. The van der Waals surface area contributed by atoms with E-state index < -0.39 is 5.97 Å². The molecule has 1 aliphatic rings. The number of carboxylic acids is 1. The molecule has 0 saturated heterocycles. The second-order valence-electron chi connectivity index (χ2n) is 6.51. The minimum absolute atomic E-state index is 0.318. The van der Waals surface area contributed by atoms with Crippen LogP contribution in [0.25, 0.3) is 0 Å². The van der Waals surface area contributed by atoms with Crippen molar-refractivity contribution in [3.8, 4) is 0 Å². The van der Waals surface area contributed by atoms with Crippen LogP contribution in [0, 0.1) is 5.92 Å². The van der Waals surface area contributed by atoms with Gasteiger partial charge in [0.2, 0.25) is 0 Å². The molecule has 0 spiro atoms. The van der Waals surface area contributed by atoms with Gasteiger partial charge in [0.05, 0.1) is 0 Å². The number of aliphatic carboxylic acids is 1. The Morgan fingerprint density at radius 2 is 1.95 bits per heavy atom. The van der Waals surface area contributed by atoms with Gasteiger partial charge in [0.25, 0.3) is 0 Å². The summed E-state index contributed by atoms with van der Waals surface area (Å²) in [6.45, 7) is 3.24. The molecule has 0 amide bonds. The summed E-state index contributed by atoms with van der Waals surface area (Å²) < 4.78 is 0. The minimum Gasteiger partial charge on any atom is -0.481 e. The zero-order valence-electron chi connectivity index (χ0n) is 14.3. The van der Waals surface area contributed by atoms with Gasteiger partial charge in [-0.1, -0.05) is 45.4 Å². The van der Waals surface area contributed by atoms with Crippen LogP contribution in [0.4, 0.5) is 0 Å². The van der Waals surface area contributed by atoms with Crippen LogP contribution in [-0.4, -0.2) is 23.3 Å². The van der Waals surface area contributed by atoms with Crippen LogP contribution in [0.15, 0.2) is 5.10 Å². The van der Waals surface area contributed by atoms with E-state index in [0.29, 0.717) is 12.3 Å². The molecule has 0 aromatic carbocycles. The van der Waals surface area contributed by atoms with Gasteiger partial charge in [-0.3, -0.25) is 4.79 Å². The lowest BCUT2D eigenvalue weighted by Crippen LogP contribution is -2.15. The van der Waals surface area contributed by atoms with E-state index >= 15 is 0 Å². The van der Waals surface area contributed by atoms with Gasteiger partial charge >= 0.3 is 5.97 Å². The molecule has 4 heteroatoms. The van der Waals surface area contributed by atoms with Crippen LogP contribution >= 0.6 is 0 Å². The van der Waals surface area contributed by atoms with Crippen molar-refractivity contribution in [3.05, 3.63) is 0 Å². The summed E-state index contributed by atoms with van der Waals surface area (Å²) >= 11 is 0. The van der Waals surface area contributed by atoms with Gasteiger partial charge in [-0.2, -0.15) is 5.10 Å². The van der Waals surface area contributed by atoms with Crippen molar-refractivity contribution in [1.82, 2.24) is 5.43 Å². The molecule has 1 fully saturated rings. The van der Waals surface area contributed by atoms with Crippen molar-refractivity contribution in [3.63, 3.8) is 0 Å². The van der Waals surface area contributed by atoms with Crippen molar-refractivity contribution in [1.29, 1.82) is 0 Å². The zero-order chi connectivity index (χ0) is 16.0. The Morgan fingerprint density at radius 1 is 1.18 bits per heavy atom. The van der Waals surface area contributed by atoms with Crippen molar-refractivity contribution in [2.45, 2.75) is 90.4 Å². The van der Waals surface area contributed by atoms with Crippen molar-refractivity contribution in [2.24, 2.45) is 11.0 Å². The maximum atomic E-state index is 10.4. The minimum atomic E-state index is -0.671. The molecule has 1 aliphatic carbocycles. The first-order valence-electron chi connectivity index (χ1n) is 9.25. The highest BCUT2D eigenvalue weighted by molar-refractivity contribution is 5.88. The number of hydrogen-bond donors (Lipinski definition) is 2. The van der Waals surface area contributed by atoms with Crippen molar-refractivity contribution >= 4 is 11.7 Å². The van der Waals surface area contributed by atoms with Gasteiger partial charge in [0, 0.05) is 18.7 Å². The number of nitrogens with one attached hydrogen (secondary N) is 1. The summed E-state index contributed by atoms with van der Waals surface area (Å²) in [7, 11) is 0. The number of unbranched alkanes of at least 4 members (excludes halogenated alkanes) is 6. The fourth-order valence-corrected chi connectivity index (χ4v) is 3.17. The van der Waals surface area contributed by atoms with Crippen LogP contribution in [-0.2, 0) is 4.79 Å². The van der Waals surface area contributed by atoms with Gasteiger partial charge in [0.15, 0.2) is 0 Å². The lowest BCUT2D eigenvalue weighted by Gasteiger charge is -2.11. The molecular formula is C18H34N2O2. The highest BCUT2D eigenvalue weighted by Crippen LogP contribution is 2.27. The highest BCUT2D eigenvalue weighted by atomic mass is 16.4. The summed E-state index contributed by atoms with van der Waals surface area (Å²) in [6, 6.07) is 0. The van der Waals surface area contributed by atoms with Gasteiger partial charge in [-0.05, 0) is 44.4 Å². The average molecular weight is 310 g/mol. The molecule has 1 atom stereocenters. The Labute approximate surface area is 135 Å². The van der Waals surface area contributed by atoms with Crippen molar-refractivity contribution < 1.29 is 9.90 Å². The predicted molar refractivity (Wildman–Crippen MR) is 92.3 cm³/mol. The Bertz CT molecular complexity index is 329. The molecule has 1 saturated carbocycles. The maximum absolute atomic E-state index is 10.4. The van der Waals surface area contributed by atoms with Crippen LogP contribution in [0.5, 0.6) is 0 Å². The number of nitrogens with zero attached hydrogens (tertiary/aromatic N) is 1. The molecule has 4 nitrogen and oxygen atoms in total. The lowest BCUT2D eigenvalue weighted by atomic mass is 9.98. The molecule has 128 valence electrons. The first-order valence-corrected chi connectivity index (χ1v) is 9.25. The molecule has 0 radical (unpaired) electrons. The topological polar surface area (TPSA) is 61.7 Å². The van der Waals surface area contributed by atoms with Crippen LogP contribution in [0.2, 0.25) is 0 Å². The summed E-state index contributed by atoms with van der Waals surface area (Å²) in [5.74, 6) is -0.00200. The maximum Gasteiger partial charge on any atom is 0.303 e. The number of carbonyl (C=O) groups is 1. The van der Waals surface area contributed by atoms with E-state index in [0.717, 1.165) is 32.2 Å². The van der Waals surface area contributed by atoms with E-state index in [1.807, 2.05) is 0 Å². The largest absolute Gasteiger partial charge is 0.481 e. The van der Waals surface area contributed by atoms with Crippen LogP contribution in [0.1, 0.15) is 90.4 Å². The molecule has 0 aliphatic heterocycles. The third kappa shape index (κ3) is 9.06. The molecular weight excluding hydrogens is 276 g/mol. The van der Waals surface area contributed by atoms with Gasteiger partial charge in [-0.25, -0.2) is 0 Å². The summed E-state index contributed by atoms with van der Waals surface area (Å²) in [4.78, 5) is 10.4. The molecule has 0 heterocycles. The molecule has 1 unspecified atom stereocenters. The normalized spacial score (nSPS) is 19.7. The smallest absolute Gasteiger partial charge is 0.303 e. The molecule has 22 heavy (non-hydrogen) atoms. The Hall–Kier alpha value is -1.06. The third-order valence-electron chi connectivity index (χ3n) is 4.51. The van der Waals surface area contributed by atoms with Gasteiger partial charge in [0.1, 0.15) is 0 Å². The second-order valence-corrected chi connectivity index (χ2v) is 6.51. The third-order valence-corrected chi connectivity index (χ3v) is 4.51. The van der Waals surface area contributed by atoms with E-state index in [2.05, 4.69) is 17.5 Å². The van der Waals surface area contributed by atoms with E-state index in [4.69, 9.17) is 5.11 Å². The zero-order valence-corrected chi connectivity index (χ0v) is 14.3. The predicted octanol–water partition coefficient (Wildman–Crippen LogP) is 4.74. The van der Waals surface area contributed by atoms with E-state index in [1.165, 1.54) is 57.1 Å².